The van der Waals surface area contributed by atoms with E-state index < -0.39 is 0 Å². The number of hydrogen-bond donors (Lipinski definition) is 1. The highest BCUT2D eigenvalue weighted by molar-refractivity contribution is 6.17. The van der Waals surface area contributed by atoms with E-state index >= 15 is 0 Å². The van der Waals surface area contributed by atoms with Gasteiger partial charge in [-0.2, -0.15) is 0 Å². The Labute approximate surface area is 156 Å². The molecule has 6 heteroatoms. The third-order valence-corrected chi connectivity index (χ3v) is 4.01. The fraction of sp³-hybridized carbons (Fsp3) is 0.222. The van der Waals surface area contributed by atoms with Gasteiger partial charge in [-0.05, 0) is 24.6 Å². The summed E-state index contributed by atoms with van der Waals surface area (Å²) in [5.41, 5.74) is 4.53. The molecule has 0 aliphatic heterocycles. The van der Waals surface area contributed by atoms with Crippen molar-refractivity contribution in [2.24, 2.45) is 0 Å². The number of carbonyl (C=O) groups excluding carboxylic acids is 1. The third kappa shape index (κ3) is 4.36. The number of unbranched alkanes of at least 4 members (excludes halogenated alkanes) is 1. The lowest BCUT2D eigenvalue weighted by atomic mass is 10.2. The standard InChI is InChI=1S/C18H18ClN3O.BrH/c19-10-3-4-11-21-12-5-7-16(14-21)18(23)20-22-13-9-15-6-1-2-8-17(15)22;/h1-2,5-9,12-14H,3-4,10-11H2;1H. The summed E-state index contributed by atoms with van der Waals surface area (Å²) in [7, 11) is 0. The smallest absolute Gasteiger partial charge is 0.276 e. The molecule has 0 fully saturated rings. The average molecular weight is 409 g/mol. The maximum Gasteiger partial charge on any atom is 0.276 e. The van der Waals surface area contributed by atoms with Gasteiger partial charge in [-0.1, -0.05) is 18.2 Å². The number of nitrogens with zero attached hydrogens (tertiary/aromatic N) is 2. The lowest BCUT2D eigenvalue weighted by Gasteiger charge is -2.07. The second-order valence-corrected chi connectivity index (χ2v) is 5.79. The first kappa shape index (κ1) is 18.5. The molecule has 1 amide bonds. The highest BCUT2D eigenvalue weighted by Crippen LogP contribution is 2.13. The number of pyridine rings is 1. The molecule has 0 saturated heterocycles. The number of nitrogens with one attached hydrogen (secondary N) is 1. The largest absolute Gasteiger partial charge is 1.00 e. The molecule has 4 nitrogen and oxygen atoms in total. The molecule has 0 unspecified atom stereocenters. The second-order valence-electron chi connectivity index (χ2n) is 5.41. The minimum absolute atomic E-state index is 0. The van der Waals surface area contributed by atoms with Gasteiger partial charge in [0.15, 0.2) is 12.4 Å². The average Bonchev–Trinajstić information content (AvgIpc) is 2.99. The summed E-state index contributed by atoms with van der Waals surface area (Å²) in [5.74, 6) is 0.541. The van der Waals surface area contributed by atoms with Gasteiger partial charge in [0.2, 0.25) is 0 Å². The van der Waals surface area contributed by atoms with Crippen molar-refractivity contribution in [3.63, 3.8) is 0 Å². The van der Waals surface area contributed by atoms with Gasteiger partial charge in [-0.3, -0.25) is 14.9 Å². The van der Waals surface area contributed by atoms with Gasteiger partial charge in [0, 0.05) is 30.0 Å². The third-order valence-electron chi connectivity index (χ3n) is 3.74. The van der Waals surface area contributed by atoms with Crippen molar-refractivity contribution >= 4 is 28.4 Å². The van der Waals surface area contributed by atoms with Crippen molar-refractivity contribution in [1.82, 2.24) is 4.68 Å². The molecule has 0 bridgehead atoms. The number of rotatable bonds is 6. The molecule has 0 radical (unpaired) electrons. The van der Waals surface area contributed by atoms with Crippen LogP contribution in [-0.2, 0) is 6.54 Å². The summed E-state index contributed by atoms with van der Waals surface area (Å²) in [5, 5.41) is 1.09. The van der Waals surface area contributed by atoms with Crippen molar-refractivity contribution in [1.29, 1.82) is 0 Å². The summed E-state index contributed by atoms with van der Waals surface area (Å²) in [4.78, 5) is 12.5. The number of fused-ring (bicyclic) bond motifs is 1. The van der Waals surface area contributed by atoms with Gasteiger partial charge < -0.3 is 17.0 Å². The van der Waals surface area contributed by atoms with Crippen molar-refractivity contribution < 1.29 is 26.3 Å². The Bertz CT molecular complexity index is 819. The highest BCUT2D eigenvalue weighted by Gasteiger charge is 2.11. The topological polar surface area (TPSA) is 37.9 Å². The van der Waals surface area contributed by atoms with E-state index in [0.29, 0.717) is 11.4 Å². The highest BCUT2D eigenvalue weighted by atomic mass is 79.9. The molecule has 0 aliphatic carbocycles. The van der Waals surface area contributed by atoms with Crippen LogP contribution in [-0.4, -0.2) is 16.5 Å². The van der Waals surface area contributed by atoms with E-state index in [2.05, 4.69) is 5.43 Å². The fourth-order valence-corrected chi connectivity index (χ4v) is 2.73. The molecular formula is C18H19BrClN3O. The lowest BCUT2D eigenvalue weighted by molar-refractivity contribution is -0.697. The molecule has 2 aromatic heterocycles. The maximum absolute atomic E-state index is 12.5. The van der Waals surface area contributed by atoms with Crippen LogP contribution >= 0.6 is 11.6 Å². The zero-order valence-electron chi connectivity index (χ0n) is 13.2. The van der Waals surface area contributed by atoms with E-state index in [4.69, 9.17) is 11.6 Å². The van der Waals surface area contributed by atoms with E-state index in [0.717, 1.165) is 30.3 Å². The molecule has 1 aromatic carbocycles. The Hall–Kier alpha value is -1.85. The van der Waals surface area contributed by atoms with E-state index in [-0.39, 0.29) is 22.9 Å². The minimum Gasteiger partial charge on any atom is -1.00 e. The molecular weight excluding hydrogens is 390 g/mol. The summed E-state index contributed by atoms with van der Waals surface area (Å²) in [6, 6.07) is 13.6. The van der Waals surface area contributed by atoms with E-state index in [1.54, 1.807) is 4.68 Å². The van der Waals surface area contributed by atoms with Gasteiger partial charge in [0.05, 0.1) is 5.52 Å². The minimum atomic E-state index is -0.127. The Morgan fingerprint density at radius 2 is 1.96 bits per heavy atom. The van der Waals surface area contributed by atoms with Gasteiger partial charge >= 0.3 is 0 Å². The van der Waals surface area contributed by atoms with Crippen LogP contribution in [0.5, 0.6) is 0 Å². The number of benzene rings is 1. The van der Waals surface area contributed by atoms with Crippen molar-refractivity contribution in [3.8, 4) is 0 Å². The zero-order valence-corrected chi connectivity index (χ0v) is 15.5. The molecule has 1 N–H and O–H groups in total. The predicted molar refractivity (Wildman–Crippen MR) is 92.2 cm³/mol. The second kappa shape index (κ2) is 8.85. The quantitative estimate of drug-likeness (QED) is 0.356. The van der Waals surface area contributed by atoms with Crippen LogP contribution in [0.1, 0.15) is 23.2 Å². The number of halogens is 2. The Kier molecular flexibility index (Phi) is 6.82. The van der Waals surface area contributed by atoms with Crippen LogP contribution < -0.4 is 27.0 Å². The number of aryl methyl sites for hydroxylation is 1. The number of carbonyl (C=O) groups is 1. The van der Waals surface area contributed by atoms with E-state index in [1.165, 1.54) is 0 Å². The number of para-hydroxylation sites is 1. The van der Waals surface area contributed by atoms with Gasteiger partial charge in [0.25, 0.3) is 5.91 Å². The summed E-state index contributed by atoms with van der Waals surface area (Å²) < 4.78 is 3.78. The number of aromatic nitrogens is 2. The van der Waals surface area contributed by atoms with Crippen LogP contribution in [0.3, 0.4) is 0 Å². The first-order valence-corrected chi connectivity index (χ1v) is 8.24. The Morgan fingerprint density at radius 1 is 1.12 bits per heavy atom. The van der Waals surface area contributed by atoms with Crippen LogP contribution in [0.2, 0.25) is 0 Å². The Morgan fingerprint density at radius 3 is 2.79 bits per heavy atom. The molecule has 0 aliphatic rings. The fourth-order valence-electron chi connectivity index (χ4n) is 2.54. The van der Waals surface area contributed by atoms with E-state index in [1.807, 2.05) is 65.6 Å². The molecule has 0 spiro atoms. The molecule has 0 saturated carbocycles. The normalized spacial score (nSPS) is 10.4. The molecule has 3 aromatic rings. The first-order chi connectivity index (χ1) is 11.3. The van der Waals surface area contributed by atoms with Gasteiger partial charge in [-0.15, -0.1) is 11.6 Å². The molecule has 24 heavy (non-hydrogen) atoms. The molecule has 0 atom stereocenters. The van der Waals surface area contributed by atoms with Crippen LogP contribution in [0.15, 0.2) is 61.1 Å². The van der Waals surface area contributed by atoms with Crippen LogP contribution in [0.4, 0.5) is 0 Å². The first-order valence-electron chi connectivity index (χ1n) is 7.70. The van der Waals surface area contributed by atoms with Gasteiger partial charge in [-0.25, -0.2) is 4.57 Å². The molecule has 3 rings (SSSR count). The van der Waals surface area contributed by atoms with Gasteiger partial charge in [0.1, 0.15) is 12.1 Å². The van der Waals surface area contributed by atoms with Crippen LogP contribution in [0.25, 0.3) is 10.9 Å². The molecule has 126 valence electrons. The zero-order chi connectivity index (χ0) is 16.1. The summed E-state index contributed by atoms with van der Waals surface area (Å²) in [6.07, 6.45) is 7.67. The summed E-state index contributed by atoms with van der Waals surface area (Å²) >= 11 is 5.70. The maximum atomic E-state index is 12.5. The van der Waals surface area contributed by atoms with Crippen LogP contribution in [0, 0.1) is 0 Å². The van der Waals surface area contributed by atoms with Crippen molar-refractivity contribution in [3.05, 3.63) is 66.6 Å². The predicted octanol–water partition coefficient (Wildman–Crippen LogP) is 0.336. The number of amides is 1. The summed E-state index contributed by atoms with van der Waals surface area (Å²) in [6.45, 7) is 0.861. The molecule has 2 heterocycles. The van der Waals surface area contributed by atoms with Crippen molar-refractivity contribution in [2.45, 2.75) is 19.4 Å². The van der Waals surface area contributed by atoms with Crippen molar-refractivity contribution in [2.75, 3.05) is 11.3 Å². The number of hydrogen-bond acceptors (Lipinski definition) is 1. The lowest BCUT2D eigenvalue weighted by Crippen LogP contribution is -3.00. The number of alkyl halides is 1. The Balaban J connectivity index is 0.00000208. The SMILES string of the molecule is O=C(Nn1ccc2ccccc21)c1ccc[n+](CCCCCl)c1.[Br-]. The monoisotopic (exact) mass is 407 g/mol. The van der Waals surface area contributed by atoms with E-state index in [9.17, 15) is 4.79 Å².